The molecule has 2 aliphatic heterocycles. The van der Waals surface area contributed by atoms with E-state index in [4.69, 9.17) is 14.3 Å². The Balaban J connectivity index is 1.38. The molecule has 2 aromatic carbocycles. The molecule has 2 atom stereocenters. The fraction of sp³-hybridized carbons (Fsp3) is 0.409. The maximum Gasteiger partial charge on any atom is 0.149 e. The van der Waals surface area contributed by atoms with Gasteiger partial charge in [0, 0.05) is 26.7 Å². The van der Waals surface area contributed by atoms with Crippen molar-refractivity contribution in [3.05, 3.63) is 65.2 Å². The normalized spacial score (nSPS) is 21.6. The third kappa shape index (κ3) is 4.15. The molecule has 27 heavy (non-hydrogen) atoms. The van der Waals surface area contributed by atoms with E-state index >= 15 is 0 Å². The van der Waals surface area contributed by atoms with E-state index in [0.29, 0.717) is 19.1 Å². The first kappa shape index (κ1) is 18.0. The summed E-state index contributed by atoms with van der Waals surface area (Å²) in [5.74, 6) is 1.23. The monoisotopic (exact) mass is 366 g/mol. The number of ether oxygens (including phenoxy) is 2. The summed E-state index contributed by atoms with van der Waals surface area (Å²) in [5.41, 5.74) is 4.76. The molecular formula is C22H26N2O3. The molecule has 5 nitrogen and oxygen atoms in total. The van der Waals surface area contributed by atoms with Crippen molar-refractivity contribution in [3.8, 4) is 5.75 Å². The largest absolute Gasteiger partial charge is 0.491 e. The second kappa shape index (κ2) is 8.11. The van der Waals surface area contributed by atoms with Gasteiger partial charge in [0.1, 0.15) is 18.5 Å². The van der Waals surface area contributed by atoms with Crippen LogP contribution in [0.1, 0.15) is 16.7 Å². The van der Waals surface area contributed by atoms with Gasteiger partial charge in [-0.25, -0.2) is 0 Å². The van der Waals surface area contributed by atoms with Crippen LogP contribution in [0, 0.1) is 12.8 Å². The minimum atomic E-state index is 0.155. The first-order valence-electron chi connectivity index (χ1n) is 9.47. The van der Waals surface area contributed by atoms with Crippen LogP contribution < -0.4 is 4.74 Å². The van der Waals surface area contributed by atoms with Crippen LogP contribution >= 0.6 is 0 Å². The van der Waals surface area contributed by atoms with Gasteiger partial charge in [0.2, 0.25) is 0 Å². The van der Waals surface area contributed by atoms with Crippen molar-refractivity contribution in [1.82, 2.24) is 4.90 Å². The number of fused-ring (bicyclic) bond motifs is 1. The Kier molecular flexibility index (Phi) is 5.41. The van der Waals surface area contributed by atoms with Crippen LogP contribution in [0.25, 0.3) is 0 Å². The van der Waals surface area contributed by atoms with Crippen LogP contribution in [0.15, 0.2) is 53.7 Å². The Morgan fingerprint density at radius 3 is 2.78 bits per heavy atom. The lowest BCUT2D eigenvalue weighted by Crippen LogP contribution is -2.23. The SMILES string of the molecule is COCCOc1cccc(CN2C[C@@H]3ON=C(c4ccc(C)cc4)[C@H]3C2)c1. The van der Waals surface area contributed by atoms with E-state index in [-0.39, 0.29) is 6.10 Å². The van der Waals surface area contributed by atoms with Crippen LogP contribution in [0.4, 0.5) is 0 Å². The number of aryl methyl sites for hydroxylation is 1. The lowest BCUT2D eigenvalue weighted by molar-refractivity contribution is 0.0745. The zero-order valence-corrected chi connectivity index (χ0v) is 15.9. The van der Waals surface area contributed by atoms with Crippen LogP contribution in [0.3, 0.4) is 0 Å². The molecule has 2 aromatic rings. The summed E-state index contributed by atoms with van der Waals surface area (Å²) in [6.45, 7) is 6.02. The predicted molar refractivity (Wildman–Crippen MR) is 105 cm³/mol. The Hall–Kier alpha value is -2.37. The second-order valence-electron chi connectivity index (χ2n) is 7.28. The van der Waals surface area contributed by atoms with Crippen molar-refractivity contribution in [1.29, 1.82) is 0 Å². The lowest BCUT2D eigenvalue weighted by Gasteiger charge is -2.17. The molecule has 2 heterocycles. The molecule has 0 aromatic heterocycles. The topological polar surface area (TPSA) is 43.3 Å². The van der Waals surface area contributed by atoms with Gasteiger partial charge >= 0.3 is 0 Å². The van der Waals surface area contributed by atoms with Crippen molar-refractivity contribution in [2.24, 2.45) is 11.1 Å². The molecule has 0 bridgehead atoms. The van der Waals surface area contributed by atoms with E-state index in [9.17, 15) is 0 Å². The Morgan fingerprint density at radius 1 is 1.11 bits per heavy atom. The third-order valence-electron chi connectivity index (χ3n) is 5.19. The van der Waals surface area contributed by atoms with Gasteiger partial charge in [0.05, 0.1) is 18.2 Å². The molecule has 2 aliphatic rings. The molecule has 1 saturated heterocycles. The third-order valence-corrected chi connectivity index (χ3v) is 5.19. The summed E-state index contributed by atoms with van der Waals surface area (Å²) in [7, 11) is 1.68. The number of hydrogen-bond acceptors (Lipinski definition) is 5. The van der Waals surface area contributed by atoms with Crippen molar-refractivity contribution in [3.63, 3.8) is 0 Å². The first-order chi connectivity index (χ1) is 13.2. The van der Waals surface area contributed by atoms with Gasteiger partial charge in [0.15, 0.2) is 0 Å². The van der Waals surface area contributed by atoms with Gasteiger partial charge in [-0.2, -0.15) is 0 Å². The summed E-state index contributed by atoms with van der Waals surface area (Å²) < 4.78 is 10.8. The van der Waals surface area contributed by atoms with E-state index in [1.54, 1.807) is 7.11 Å². The molecule has 0 amide bonds. The molecule has 142 valence electrons. The van der Waals surface area contributed by atoms with Gasteiger partial charge in [-0.3, -0.25) is 4.90 Å². The number of methoxy groups -OCH3 is 1. The molecule has 0 spiro atoms. The smallest absolute Gasteiger partial charge is 0.149 e. The van der Waals surface area contributed by atoms with Gasteiger partial charge in [-0.05, 0) is 30.2 Å². The number of nitrogens with zero attached hydrogens (tertiary/aromatic N) is 2. The van der Waals surface area contributed by atoms with Gasteiger partial charge in [-0.1, -0.05) is 47.1 Å². The van der Waals surface area contributed by atoms with Gasteiger partial charge in [-0.15, -0.1) is 0 Å². The van der Waals surface area contributed by atoms with Crippen molar-refractivity contribution in [2.45, 2.75) is 19.6 Å². The average molecular weight is 366 g/mol. The summed E-state index contributed by atoms with van der Waals surface area (Å²) in [5, 5.41) is 4.38. The summed E-state index contributed by atoms with van der Waals surface area (Å²) in [6.07, 6.45) is 0.155. The highest BCUT2D eigenvalue weighted by Crippen LogP contribution is 2.31. The zero-order valence-electron chi connectivity index (χ0n) is 15.9. The molecule has 0 saturated carbocycles. The number of likely N-dealkylation sites (tertiary alicyclic amines) is 1. The van der Waals surface area contributed by atoms with Crippen molar-refractivity contribution in [2.75, 3.05) is 33.4 Å². The maximum atomic E-state index is 5.74. The summed E-state index contributed by atoms with van der Waals surface area (Å²) >= 11 is 0. The highest BCUT2D eigenvalue weighted by Gasteiger charge is 2.42. The lowest BCUT2D eigenvalue weighted by atomic mass is 9.94. The molecule has 0 aliphatic carbocycles. The molecule has 5 heteroatoms. The number of oxime groups is 1. The molecular weight excluding hydrogens is 340 g/mol. The maximum absolute atomic E-state index is 5.74. The number of rotatable bonds is 7. The van der Waals surface area contributed by atoms with Crippen LogP contribution in [0.2, 0.25) is 0 Å². The fourth-order valence-corrected chi connectivity index (χ4v) is 3.77. The Morgan fingerprint density at radius 2 is 1.96 bits per heavy atom. The van der Waals surface area contributed by atoms with E-state index in [0.717, 1.165) is 31.1 Å². The van der Waals surface area contributed by atoms with Crippen LogP contribution in [-0.2, 0) is 16.1 Å². The predicted octanol–water partition coefficient (Wildman–Crippen LogP) is 3.26. The molecule has 0 N–H and O–H groups in total. The quantitative estimate of drug-likeness (QED) is 0.706. The summed E-state index contributed by atoms with van der Waals surface area (Å²) in [6, 6.07) is 16.8. The minimum absolute atomic E-state index is 0.155. The zero-order chi connectivity index (χ0) is 18.6. The van der Waals surface area contributed by atoms with E-state index in [1.165, 1.54) is 16.7 Å². The van der Waals surface area contributed by atoms with E-state index in [1.807, 2.05) is 12.1 Å². The minimum Gasteiger partial charge on any atom is -0.491 e. The number of benzene rings is 2. The molecule has 4 rings (SSSR count). The van der Waals surface area contributed by atoms with E-state index in [2.05, 4.69) is 53.4 Å². The second-order valence-corrected chi connectivity index (χ2v) is 7.28. The number of hydrogen-bond donors (Lipinski definition) is 0. The average Bonchev–Trinajstić information content (AvgIpc) is 3.23. The highest BCUT2D eigenvalue weighted by atomic mass is 16.6. The Bertz CT molecular complexity index is 803. The molecule has 0 unspecified atom stereocenters. The van der Waals surface area contributed by atoms with Gasteiger partial charge in [0.25, 0.3) is 0 Å². The molecule has 1 fully saturated rings. The fourth-order valence-electron chi connectivity index (χ4n) is 3.77. The molecule has 0 radical (unpaired) electrons. The standard InChI is InChI=1S/C22H26N2O3/c1-16-6-8-18(9-7-16)22-20-14-24(15-21(20)27-23-22)13-17-4-3-5-19(12-17)26-11-10-25-2/h3-9,12,20-21H,10-11,13-15H2,1-2H3/t20-,21-/m0/s1. The highest BCUT2D eigenvalue weighted by molar-refractivity contribution is 6.03. The van der Waals surface area contributed by atoms with Crippen molar-refractivity contribution < 1.29 is 14.3 Å². The van der Waals surface area contributed by atoms with E-state index < -0.39 is 0 Å². The first-order valence-corrected chi connectivity index (χ1v) is 9.47. The van der Waals surface area contributed by atoms with Gasteiger partial charge < -0.3 is 14.3 Å². The van der Waals surface area contributed by atoms with Crippen LogP contribution in [-0.4, -0.2) is 50.1 Å². The van der Waals surface area contributed by atoms with Crippen LogP contribution in [0.5, 0.6) is 5.75 Å². The van der Waals surface area contributed by atoms with Crippen molar-refractivity contribution >= 4 is 5.71 Å². The summed E-state index contributed by atoms with van der Waals surface area (Å²) in [4.78, 5) is 8.18. The Labute approximate surface area is 160 Å².